The molecule has 0 saturated carbocycles. The van der Waals surface area contributed by atoms with Gasteiger partial charge in [0, 0.05) is 10.4 Å². The molecule has 0 aliphatic rings. The van der Waals surface area contributed by atoms with Crippen molar-refractivity contribution in [2.24, 2.45) is 0 Å². The molecule has 3 rings (SSSR count). The van der Waals surface area contributed by atoms with Crippen LogP contribution in [0, 0.1) is 0 Å². The molecule has 124 valence electrons. The van der Waals surface area contributed by atoms with E-state index in [4.69, 9.17) is 11.6 Å². The lowest BCUT2D eigenvalue weighted by molar-refractivity contribution is 0.467. The smallest absolute Gasteiger partial charge is 0.265 e. The zero-order valence-corrected chi connectivity index (χ0v) is 14.7. The van der Waals surface area contributed by atoms with Crippen LogP contribution in [0.4, 0.5) is 0 Å². The molecule has 1 aromatic heterocycles. The Morgan fingerprint density at radius 3 is 2.67 bits per heavy atom. The predicted octanol–water partition coefficient (Wildman–Crippen LogP) is 5.00. The number of rotatable bonds is 6. The molecule has 0 spiro atoms. The number of benzene rings is 2. The number of hydrogen-bond donors (Lipinski definition) is 2. The van der Waals surface area contributed by atoms with Gasteiger partial charge in [-0.05, 0) is 48.8 Å². The van der Waals surface area contributed by atoms with Gasteiger partial charge in [-0.3, -0.25) is 4.79 Å². The zero-order chi connectivity index (χ0) is 16.9. The van der Waals surface area contributed by atoms with E-state index in [1.165, 1.54) is 17.3 Å². The molecule has 3 aromatic rings. The van der Waals surface area contributed by atoms with Crippen LogP contribution < -0.4 is 5.56 Å². The molecule has 0 aliphatic carbocycles. The molecular weight excluding hydrogens is 342 g/mol. The maximum atomic E-state index is 12.2. The van der Waals surface area contributed by atoms with Crippen LogP contribution >= 0.6 is 23.4 Å². The summed E-state index contributed by atoms with van der Waals surface area (Å²) in [5, 5.41) is 11.5. The molecule has 0 amide bonds. The third-order valence-electron chi connectivity index (χ3n) is 3.86. The van der Waals surface area contributed by atoms with Crippen molar-refractivity contribution in [2.45, 2.75) is 24.2 Å². The first-order valence-corrected chi connectivity index (χ1v) is 9.23. The number of aryl methyl sites for hydroxylation is 1. The molecular formula is C19H18ClNO2S. The van der Waals surface area contributed by atoms with Gasteiger partial charge in [0.25, 0.3) is 5.56 Å². The van der Waals surface area contributed by atoms with Crippen LogP contribution in [0.15, 0.2) is 58.2 Å². The van der Waals surface area contributed by atoms with Gasteiger partial charge in [-0.25, -0.2) is 0 Å². The molecule has 0 atom stereocenters. The van der Waals surface area contributed by atoms with Gasteiger partial charge in [0.05, 0.1) is 5.52 Å². The number of fused-ring (bicyclic) bond motifs is 1. The largest absolute Gasteiger partial charge is 0.506 e. The van der Waals surface area contributed by atoms with E-state index in [1.54, 1.807) is 18.2 Å². The van der Waals surface area contributed by atoms with Gasteiger partial charge in [-0.1, -0.05) is 41.9 Å². The van der Waals surface area contributed by atoms with Crippen molar-refractivity contribution in [3.63, 3.8) is 0 Å². The third-order valence-corrected chi connectivity index (χ3v) is 5.25. The van der Waals surface area contributed by atoms with Gasteiger partial charge in [-0.2, -0.15) is 0 Å². The standard InChI is InChI=1S/C19H18ClNO2S/c20-14-9-10-15-16(12-14)21-19(23)18(17(15)22)24-11-5-4-8-13-6-2-1-3-7-13/h1-3,6-7,9-10,12H,4-5,8,11H2,(H2,21,22,23). The molecule has 0 unspecified atom stereocenters. The topological polar surface area (TPSA) is 53.1 Å². The minimum atomic E-state index is -0.268. The first-order chi connectivity index (χ1) is 11.6. The highest BCUT2D eigenvalue weighted by atomic mass is 35.5. The second-order valence-electron chi connectivity index (χ2n) is 5.61. The second-order valence-corrected chi connectivity index (χ2v) is 7.15. The summed E-state index contributed by atoms with van der Waals surface area (Å²) in [5.74, 6) is 0.834. The van der Waals surface area contributed by atoms with Gasteiger partial charge in [0.2, 0.25) is 0 Å². The summed E-state index contributed by atoms with van der Waals surface area (Å²) in [6.07, 6.45) is 3.07. The normalized spacial score (nSPS) is 11.0. The number of aromatic hydroxyl groups is 1. The Kier molecular flexibility index (Phi) is 5.48. The Balaban J connectivity index is 1.63. The fourth-order valence-corrected chi connectivity index (χ4v) is 3.77. The Morgan fingerprint density at radius 2 is 1.88 bits per heavy atom. The van der Waals surface area contributed by atoms with Crippen molar-refractivity contribution >= 4 is 34.3 Å². The summed E-state index contributed by atoms with van der Waals surface area (Å²) in [6, 6.07) is 15.4. The number of aromatic nitrogens is 1. The van der Waals surface area contributed by atoms with E-state index >= 15 is 0 Å². The van der Waals surface area contributed by atoms with E-state index in [-0.39, 0.29) is 11.3 Å². The Bertz CT molecular complexity index is 893. The van der Waals surface area contributed by atoms with E-state index in [2.05, 4.69) is 17.1 Å². The van der Waals surface area contributed by atoms with Crippen LogP contribution in [0.25, 0.3) is 10.9 Å². The van der Waals surface area contributed by atoms with Gasteiger partial charge < -0.3 is 10.1 Å². The molecule has 0 bridgehead atoms. The molecule has 0 saturated heterocycles. The molecule has 24 heavy (non-hydrogen) atoms. The molecule has 0 aliphatic heterocycles. The Hall–Kier alpha value is -1.91. The number of H-pyrrole nitrogens is 1. The number of hydrogen-bond acceptors (Lipinski definition) is 3. The van der Waals surface area contributed by atoms with Gasteiger partial charge >= 0.3 is 0 Å². The molecule has 2 aromatic carbocycles. The van der Waals surface area contributed by atoms with E-state index in [1.807, 2.05) is 18.2 Å². The summed E-state index contributed by atoms with van der Waals surface area (Å²) < 4.78 is 0. The van der Waals surface area contributed by atoms with Crippen LogP contribution in [-0.4, -0.2) is 15.8 Å². The van der Waals surface area contributed by atoms with Crippen LogP contribution in [0.1, 0.15) is 18.4 Å². The maximum absolute atomic E-state index is 12.2. The summed E-state index contributed by atoms with van der Waals surface area (Å²) in [4.78, 5) is 15.3. The number of halogens is 1. The Labute approximate surface area is 149 Å². The molecule has 2 N–H and O–H groups in total. The van der Waals surface area contributed by atoms with E-state index in [0.29, 0.717) is 20.8 Å². The molecule has 3 nitrogen and oxygen atoms in total. The van der Waals surface area contributed by atoms with Crippen molar-refractivity contribution in [3.05, 3.63) is 69.5 Å². The van der Waals surface area contributed by atoms with Crippen LogP contribution in [0.2, 0.25) is 5.02 Å². The van der Waals surface area contributed by atoms with Crippen molar-refractivity contribution in [1.29, 1.82) is 0 Å². The molecule has 0 fully saturated rings. The van der Waals surface area contributed by atoms with Crippen molar-refractivity contribution in [3.8, 4) is 5.75 Å². The number of nitrogens with one attached hydrogen (secondary N) is 1. The molecule has 5 heteroatoms. The minimum Gasteiger partial charge on any atom is -0.506 e. The van der Waals surface area contributed by atoms with Gasteiger partial charge in [0.1, 0.15) is 10.6 Å². The lowest BCUT2D eigenvalue weighted by Crippen LogP contribution is -2.09. The summed E-state index contributed by atoms with van der Waals surface area (Å²) >= 11 is 7.32. The fourth-order valence-electron chi connectivity index (χ4n) is 2.62. The minimum absolute atomic E-state index is 0.0403. The SMILES string of the molecule is O=c1[nH]c2cc(Cl)ccc2c(O)c1SCCCCc1ccccc1. The number of thioether (sulfide) groups is 1. The van der Waals surface area contributed by atoms with Crippen LogP contribution in [0.3, 0.4) is 0 Å². The molecule has 1 heterocycles. The fraction of sp³-hybridized carbons (Fsp3) is 0.211. The van der Waals surface area contributed by atoms with Crippen LogP contribution in [-0.2, 0) is 6.42 Å². The van der Waals surface area contributed by atoms with E-state index < -0.39 is 0 Å². The van der Waals surface area contributed by atoms with E-state index in [9.17, 15) is 9.90 Å². The lowest BCUT2D eigenvalue weighted by atomic mass is 10.1. The summed E-state index contributed by atoms with van der Waals surface area (Å²) in [7, 11) is 0. The van der Waals surface area contributed by atoms with Crippen molar-refractivity contribution in [2.75, 3.05) is 5.75 Å². The number of unbranched alkanes of at least 4 members (excludes halogenated alkanes) is 1. The predicted molar refractivity (Wildman–Crippen MR) is 101 cm³/mol. The summed E-state index contributed by atoms with van der Waals surface area (Å²) in [6.45, 7) is 0. The third kappa shape index (κ3) is 3.94. The quantitative estimate of drug-likeness (QED) is 0.481. The van der Waals surface area contributed by atoms with Crippen molar-refractivity contribution in [1.82, 2.24) is 4.98 Å². The number of pyridine rings is 1. The average molecular weight is 360 g/mol. The average Bonchev–Trinajstić information content (AvgIpc) is 2.57. The maximum Gasteiger partial charge on any atom is 0.265 e. The van der Waals surface area contributed by atoms with Gasteiger partial charge in [-0.15, -0.1) is 11.8 Å². The van der Waals surface area contributed by atoms with E-state index in [0.717, 1.165) is 25.0 Å². The lowest BCUT2D eigenvalue weighted by Gasteiger charge is -2.07. The second kappa shape index (κ2) is 7.77. The monoisotopic (exact) mass is 359 g/mol. The first-order valence-electron chi connectivity index (χ1n) is 7.86. The van der Waals surface area contributed by atoms with Gasteiger partial charge in [0.15, 0.2) is 0 Å². The van der Waals surface area contributed by atoms with Crippen molar-refractivity contribution < 1.29 is 5.11 Å². The summed E-state index contributed by atoms with van der Waals surface area (Å²) in [5.41, 5.74) is 1.61. The highest BCUT2D eigenvalue weighted by molar-refractivity contribution is 7.99. The highest BCUT2D eigenvalue weighted by Crippen LogP contribution is 2.32. The van der Waals surface area contributed by atoms with Crippen LogP contribution in [0.5, 0.6) is 5.75 Å². The first kappa shape index (κ1) is 16.9. The zero-order valence-electron chi connectivity index (χ0n) is 13.1. The molecule has 0 radical (unpaired) electrons. The highest BCUT2D eigenvalue weighted by Gasteiger charge is 2.12. The Morgan fingerprint density at radius 1 is 1.08 bits per heavy atom. The number of aromatic amines is 1.